The highest BCUT2D eigenvalue weighted by Crippen LogP contribution is 2.26. The first-order valence-corrected chi connectivity index (χ1v) is 5.58. The largest absolute Gasteiger partial charge is 0.496 e. The standard InChI is InChI=1S/C13H15NO3/c1-9-7-10(3-4-12(9)17-2)14-6-5-11(15)8-13(14)16/h3-4,7H,5-6,8H2,1-2H3. The molecule has 0 radical (unpaired) electrons. The van der Waals surface area contributed by atoms with Crippen LogP contribution < -0.4 is 9.64 Å². The first-order valence-electron chi connectivity index (χ1n) is 5.58. The zero-order valence-corrected chi connectivity index (χ0v) is 10.0. The molecule has 90 valence electrons. The summed E-state index contributed by atoms with van der Waals surface area (Å²) in [6.45, 7) is 2.41. The fraction of sp³-hybridized carbons (Fsp3) is 0.385. The third-order valence-electron chi connectivity index (χ3n) is 2.95. The van der Waals surface area contributed by atoms with Gasteiger partial charge in [0.1, 0.15) is 11.5 Å². The summed E-state index contributed by atoms with van der Waals surface area (Å²) in [7, 11) is 1.62. The highest BCUT2D eigenvalue weighted by atomic mass is 16.5. The number of carbonyl (C=O) groups is 2. The van der Waals surface area contributed by atoms with Gasteiger partial charge in [-0.2, -0.15) is 0 Å². The van der Waals surface area contributed by atoms with Crippen LogP contribution in [0.4, 0.5) is 5.69 Å². The van der Waals surface area contributed by atoms with Gasteiger partial charge in [-0.25, -0.2) is 0 Å². The van der Waals surface area contributed by atoms with Crippen molar-refractivity contribution in [1.82, 2.24) is 0 Å². The second kappa shape index (κ2) is 4.57. The molecule has 1 saturated heterocycles. The smallest absolute Gasteiger partial charge is 0.234 e. The summed E-state index contributed by atoms with van der Waals surface area (Å²) in [5, 5.41) is 0. The van der Waals surface area contributed by atoms with Gasteiger partial charge in [0.2, 0.25) is 5.91 Å². The molecule has 1 amide bonds. The van der Waals surface area contributed by atoms with Crippen molar-refractivity contribution >= 4 is 17.4 Å². The van der Waals surface area contributed by atoms with Crippen LogP contribution in [0.5, 0.6) is 5.75 Å². The molecule has 1 aromatic rings. The maximum absolute atomic E-state index is 11.7. The van der Waals surface area contributed by atoms with E-state index in [1.54, 1.807) is 12.0 Å². The lowest BCUT2D eigenvalue weighted by molar-refractivity contribution is -0.128. The maximum Gasteiger partial charge on any atom is 0.234 e. The van der Waals surface area contributed by atoms with E-state index < -0.39 is 0 Å². The fourth-order valence-electron chi connectivity index (χ4n) is 2.02. The number of hydrogen-bond acceptors (Lipinski definition) is 3. The molecule has 0 N–H and O–H groups in total. The number of benzene rings is 1. The highest BCUT2D eigenvalue weighted by molar-refractivity contribution is 6.08. The van der Waals surface area contributed by atoms with Crippen LogP contribution >= 0.6 is 0 Å². The highest BCUT2D eigenvalue weighted by Gasteiger charge is 2.24. The average Bonchev–Trinajstić information content (AvgIpc) is 2.29. The van der Waals surface area contributed by atoms with Gasteiger partial charge in [0.15, 0.2) is 0 Å². The van der Waals surface area contributed by atoms with Gasteiger partial charge in [-0.15, -0.1) is 0 Å². The Balaban J connectivity index is 2.25. The fourth-order valence-corrected chi connectivity index (χ4v) is 2.02. The quantitative estimate of drug-likeness (QED) is 0.730. The molecule has 1 heterocycles. The minimum absolute atomic E-state index is 0.0189. The summed E-state index contributed by atoms with van der Waals surface area (Å²) < 4.78 is 5.17. The summed E-state index contributed by atoms with van der Waals surface area (Å²) in [4.78, 5) is 24.6. The van der Waals surface area contributed by atoms with Gasteiger partial charge in [0.05, 0.1) is 13.5 Å². The number of carbonyl (C=O) groups excluding carboxylic acids is 2. The molecule has 1 aliphatic heterocycles. The van der Waals surface area contributed by atoms with E-state index >= 15 is 0 Å². The van der Waals surface area contributed by atoms with Crippen LogP contribution in [0, 0.1) is 6.92 Å². The van der Waals surface area contributed by atoms with Gasteiger partial charge in [0.25, 0.3) is 0 Å². The number of nitrogens with zero attached hydrogens (tertiary/aromatic N) is 1. The van der Waals surface area contributed by atoms with Crippen molar-refractivity contribution < 1.29 is 14.3 Å². The Bertz CT molecular complexity index is 468. The molecule has 17 heavy (non-hydrogen) atoms. The van der Waals surface area contributed by atoms with Gasteiger partial charge in [0, 0.05) is 18.7 Å². The predicted octanol–water partition coefficient (Wildman–Crippen LogP) is 1.70. The Hall–Kier alpha value is -1.84. The van der Waals surface area contributed by atoms with Crippen LogP contribution in [0.3, 0.4) is 0 Å². The molecule has 0 spiro atoms. The Labute approximate surface area is 100 Å². The van der Waals surface area contributed by atoms with Gasteiger partial charge in [-0.3, -0.25) is 9.59 Å². The van der Waals surface area contributed by atoms with Crippen LogP contribution in [-0.4, -0.2) is 25.3 Å². The van der Waals surface area contributed by atoms with Crippen LogP contribution in [0.2, 0.25) is 0 Å². The SMILES string of the molecule is COc1ccc(N2CCC(=O)CC2=O)cc1C. The summed E-state index contributed by atoms with van der Waals surface area (Å²) in [6.07, 6.45) is 0.460. The molecular weight excluding hydrogens is 218 g/mol. The summed E-state index contributed by atoms with van der Waals surface area (Å²) >= 11 is 0. The monoisotopic (exact) mass is 233 g/mol. The van der Waals surface area contributed by atoms with E-state index in [0.717, 1.165) is 17.0 Å². The Morgan fingerprint density at radius 1 is 1.29 bits per heavy atom. The third-order valence-corrected chi connectivity index (χ3v) is 2.95. The van der Waals surface area contributed by atoms with Crippen molar-refractivity contribution in [3.05, 3.63) is 23.8 Å². The molecule has 1 aromatic carbocycles. The van der Waals surface area contributed by atoms with E-state index in [-0.39, 0.29) is 18.1 Å². The number of ether oxygens (including phenoxy) is 1. The summed E-state index contributed by atoms with van der Waals surface area (Å²) in [6, 6.07) is 5.60. The number of amides is 1. The third kappa shape index (κ3) is 2.30. The van der Waals surface area contributed by atoms with Crippen LogP contribution in [-0.2, 0) is 9.59 Å². The summed E-state index contributed by atoms with van der Waals surface area (Å²) in [5.41, 5.74) is 1.82. The average molecular weight is 233 g/mol. The van der Waals surface area contributed by atoms with E-state index in [2.05, 4.69) is 0 Å². The van der Waals surface area contributed by atoms with Gasteiger partial charge in [-0.1, -0.05) is 0 Å². The molecule has 4 nitrogen and oxygen atoms in total. The predicted molar refractivity (Wildman–Crippen MR) is 64.3 cm³/mol. The van der Waals surface area contributed by atoms with Gasteiger partial charge in [-0.05, 0) is 30.7 Å². The number of anilines is 1. The molecule has 0 saturated carbocycles. The van der Waals surface area contributed by atoms with Gasteiger partial charge >= 0.3 is 0 Å². The number of methoxy groups -OCH3 is 1. The zero-order valence-electron chi connectivity index (χ0n) is 10.0. The minimum atomic E-state index is -0.120. The number of ketones is 1. The van der Waals surface area contributed by atoms with Crippen molar-refractivity contribution in [3.8, 4) is 5.75 Å². The number of piperidine rings is 1. The van der Waals surface area contributed by atoms with Gasteiger partial charge < -0.3 is 9.64 Å². The Kier molecular flexibility index (Phi) is 3.13. The molecule has 2 rings (SSSR count). The Morgan fingerprint density at radius 3 is 2.65 bits per heavy atom. The van der Waals surface area contributed by atoms with E-state index in [4.69, 9.17) is 4.74 Å². The normalized spacial score (nSPS) is 16.2. The second-order valence-electron chi connectivity index (χ2n) is 4.16. The number of rotatable bonds is 2. The molecule has 4 heteroatoms. The molecular formula is C13H15NO3. The van der Waals surface area contributed by atoms with Crippen LogP contribution in [0.25, 0.3) is 0 Å². The van der Waals surface area contributed by atoms with Crippen molar-refractivity contribution in [1.29, 1.82) is 0 Å². The van der Waals surface area contributed by atoms with Crippen molar-refractivity contribution in [3.63, 3.8) is 0 Å². The minimum Gasteiger partial charge on any atom is -0.496 e. The number of hydrogen-bond donors (Lipinski definition) is 0. The lowest BCUT2D eigenvalue weighted by Gasteiger charge is -2.26. The molecule has 0 atom stereocenters. The number of aryl methyl sites for hydroxylation is 1. The van der Waals surface area contributed by atoms with Crippen molar-refractivity contribution in [2.45, 2.75) is 19.8 Å². The molecule has 0 aromatic heterocycles. The Morgan fingerprint density at radius 2 is 2.06 bits per heavy atom. The van der Waals surface area contributed by atoms with E-state index in [9.17, 15) is 9.59 Å². The summed E-state index contributed by atoms with van der Waals surface area (Å²) in [5.74, 6) is 0.705. The van der Waals surface area contributed by atoms with E-state index in [0.29, 0.717) is 13.0 Å². The molecule has 0 aliphatic carbocycles. The van der Waals surface area contributed by atoms with Crippen LogP contribution in [0.15, 0.2) is 18.2 Å². The molecule has 0 unspecified atom stereocenters. The zero-order chi connectivity index (χ0) is 12.4. The molecule has 1 aliphatic rings. The lowest BCUT2D eigenvalue weighted by atomic mass is 10.1. The van der Waals surface area contributed by atoms with Crippen molar-refractivity contribution in [2.75, 3.05) is 18.6 Å². The maximum atomic E-state index is 11.7. The van der Waals surface area contributed by atoms with Crippen LogP contribution in [0.1, 0.15) is 18.4 Å². The number of Topliss-reactive ketones (excluding diaryl/α,β-unsaturated/α-hetero) is 1. The molecule has 0 bridgehead atoms. The van der Waals surface area contributed by atoms with E-state index in [1.165, 1.54) is 0 Å². The first kappa shape index (κ1) is 11.6. The topological polar surface area (TPSA) is 46.6 Å². The van der Waals surface area contributed by atoms with E-state index in [1.807, 2.05) is 25.1 Å². The van der Waals surface area contributed by atoms with Crippen molar-refractivity contribution in [2.24, 2.45) is 0 Å². The first-order chi connectivity index (χ1) is 8.11. The second-order valence-corrected chi connectivity index (χ2v) is 4.16. The molecule has 1 fully saturated rings. The lowest BCUT2D eigenvalue weighted by Crippen LogP contribution is -2.39.